The summed E-state index contributed by atoms with van der Waals surface area (Å²) in [5.41, 5.74) is 3.46. The van der Waals surface area contributed by atoms with Crippen LogP contribution in [0.5, 0.6) is 0 Å². The zero-order chi connectivity index (χ0) is 21.3. The summed E-state index contributed by atoms with van der Waals surface area (Å²) in [5, 5.41) is 2.89. The van der Waals surface area contributed by atoms with E-state index in [1.54, 1.807) is 6.07 Å². The molecule has 0 aliphatic heterocycles. The molecule has 0 unspecified atom stereocenters. The Labute approximate surface area is 174 Å². The van der Waals surface area contributed by atoms with Gasteiger partial charge < -0.3 is 10.3 Å². The zero-order valence-electron chi connectivity index (χ0n) is 16.5. The van der Waals surface area contributed by atoms with Gasteiger partial charge in [-0.3, -0.25) is 4.79 Å². The fourth-order valence-electron chi connectivity index (χ4n) is 3.06. The van der Waals surface area contributed by atoms with Gasteiger partial charge in [0, 0.05) is 25.2 Å². The molecule has 7 nitrogen and oxygen atoms in total. The smallest absolute Gasteiger partial charge is 0.255 e. The lowest BCUT2D eigenvalue weighted by atomic mass is 10.1. The van der Waals surface area contributed by atoms with Crippen molar-refractivity contribution >= 4 is 32.7 Å². The van der Waals surface area contributed by atoms with Crippen molar-refractivity contribution in [2.24, 2.45) is 0 Å². The first-order valence-electron chi connectivity index (χ1n) is 9.24. The van der Waals surface area contributed by atoms with Crippen LogP contribution in [0, 0.1) is 0 Å². The summed E-state index contributed by atoms with van der Waals surface area (Å²) in [7, 11) is -0.618. The predicted octanol–water partition coefficient (Wildman–Crippen LogP) is 3.73. The highest BCUT2D eigenvalue weighted by Crippen LogP contribution is 2.28. The quantitative estimate of drug-likeness (QED) is 0.514. The second-order valence-corrected chi connectivity index (χ2v) is 9.07. The molecule has 4 rings (SSSR count). The highest BCUT2D eigenvalue weighted by Gasteiger charge is 2.18. The van der Waals surface area contributed by atoms with Crippen molar-refractivity contribution in [3.8, 4) is 11.4 Å². The number of benzene rings is 3. The summed E-state index contributed by atoms with van der Waals surface area (Å²) < 4.78 is 25.5. The molecule has 0 aliphatic carbocycles. The Morgan fingerprint density at radius 2 is 1.60 bits per heavy atom. The van der Waals surface area contributed by atoms with E-state index in [4.69, 9.17) is 0 Å². The predicted molar refractivity (Wildman–Crippen MR) is 117 cm³/mol. The monoisotopic (exact) mass is 420 g/mol. The number of fused-ring (bicyclic) bond motifs is 1. The van der Waals surface area contributed by atoms with Gasteiger partial charge in [0.1, 0.15) is 5.82 Å². The van der Waals surface area contributed by atoms with Crippen molar-refractivity contribution in [1.82, 2.24) is 14.3 Å². The number of rotatable bonds is 5. The number of para-hydroxylation sites is 3. The molecule has 30 heavy (non-hydrogen) atoms. The van der Waals surface area contributed by atoms with Crippen LogP contribution < -0.4 is 5.32 Å². The number of carbonyl (C=O) groups excluding carboxylic acids is 1. The molecule has 1 amide bonds. The molecule has 0 spiro atoms. The van der Waals surface area contributed by atoms with Gasteiger partial charge in [-0.2, -0.15) is 0 Å². The van der Waals surface area contributed by atoms with Crippen LogP contribution in [-0.2, 0) is 10.0 Å². The molecular weight excluding hydrogens is 400 g/mol. The molecular formula is C22H20N4O3S. The van der Waals surface area contributed by atoms with Gasteiger partial charge in [0.25, 0.3) is 5.91 Å². The Morgan fingerprint density at radius 1 is 0.933 bits per heavy atom. The van der Waals surface area contributed by atoms with Crippen molar-refractivity contribution in [3.63, 3.8) is 0 Å². The largest absolute Gasteiger partial charge is 0.338 e. The number of aromatic amines is 1. The third-order valence-corrected chi connectivity index (χ3v) is 6.54. The third-order valence-electron chi connectivity index (χ3n) is 4.71. The van der Waals surface area contributed by atoms with Gasteiger partial charge in [-0.05, 0) is 48.5 Å². The minimum atomic E-state index is -3.54. The first-order chi connectivity index (χ1) is 14.4. The van der Waals surface area contributed by atoms with Crippen molar-refractivity contribution in [2.75, 3.05) is 19.4 Å². The minimum Gasteiger partial charge on any atom is -0.338 e. The number of nitrogens with zero attached hydrogens (tertiary/aromatic N) is 2. The highest BCUT2D eigenvalue weighted by atomic mass is 32.2. The van der Waals surface area contributed by atoms with Crippen LogP contribution in [0.4, 0.5) is 5.69 Å². The van der Waals surface area contributed by atoms with E-state index >= 15 is 0 Å². The number of nitrogens with one attached hydrogen (secondary N) is 2. The summed E-state index contributed by atoms with van der Waals surface area (Å²) in [6, 6.07) is 20.9. The van der Waals surface area contributed by atoms with E-state index in [1.165, 1.54) is 38.4 Å². The third kappa shape index (κ3) is 3.70. The molecule has 1 aromatic heterocycles. The molecule has 0 aliphatic rings. The molecule has 4 aromatic rings. The fourth-order valence-corrected chi connectivity index (χ4v) is 3.96. The van der Waals surface area contributed by atoms with Crippen LogP contribution in [0.2, 0.25) is 0 Å². The molecule has 0 radical (unpaired) electrons. The average Bonchev–Trinajstić information content (AvgIpc) is 3.18. The molecule has 3 aromatic carbocycles. The standard InChI is InChI=1S/C22H20N4O3S/c1-26(2)30(28,29)16-13-11-15(12-14-16)22(27)25-18-8-4-3-7-17(18)21-23-19-9-5-6-10-20(19)24-21/h3-14H,1-2H3,(H,23,24)(H,25,27). The number of carbonyl (C=O) groups is 1. The Balaban J connectivity index is 1.61. The van der Waals surface area contributed by atoms with Gasteiger partial charge in [0.15, 0.2) is 0 Å². The van der Waals surface area contributed by atoms with E-state index in [1.807, 2.05) is 42.5 Å². The van der Waals surface area contributed by atoms with E-state index < -0.39 is 10.0 Å². The Bertz CT molecular complexity index is 1290. The van der Waals surface area contributed by atoms with Gasteiger partial charge >= 0.3 is 0 Å². The first kappa shape index (κ1) is 19.8. The van der Waals surface area contributed by atoms with Crippen molar-refractivity contribution in [1.29, 1.82) is 0 Å². The Morgan fingerprint density at radius 3 is 2.30 bits per heavy atom. The van der Waals surface area contributed by atoms with Crippen LogP contribution in [0.1, 0.15) is 10.4 Å². The first-order valence-corrected chi connectivity index (χ1v) is 10.7. The van der Waals surface area contributed by atoms with Crippen LogP contribution >= 0.6 is 0 Å². The molecule has 0 atom stereocenters. The fraction of sp³-hybridized carbons (Fsp3) is 0.0909. The summed E-state index contributed by atoms with van der Waals surface area (Å²) in [6.45, 7) is 0. The molecule has 0 fully saturated rings. The number of anilines is 1. The van der Waals surface area contributed by atoms with E-state index in [9.17, 15) is 13.2 Å². The maximum absolute atomic E-state index is 12.8. The maximum Gasteiger partial charge on any atom is 0.255 e. The van der Waals surface area contributed by atoms with E-state index in [0.29, 0.717) is 17.1 Å². The highest BCUT2D eigenvalue weighted by molar-refractivity contribution is 7.89. The number of sulfonamides is 1. The number of amides is 1. The van der Waals surface area contributed by atoms with Gasteiger partial charge in [-0.25, -0.2) is 17.7 Å². The Kier molecular flexibility index (Phi) is 5.11. The Hall–Kier alpha value is -3.49. The van der Waals surface area contributed by atoms with Crippen LogP contribution in [0.3, 0.4) is 0 Å². The van der Waals surface area contributed by atoms with E-state index in [-0.39, 0.29) is 10.8 Å². The molecule has 2 N–H and O–H groups in total. The zero-order valence-corrected chi connectivity index (χ0v) is 17.3. The minimum absolute atomic E-state index is 0.131. The molecule has 0 saturated heterocycles. The summed E-state index contributed by atoms with van der Waals surface area (Å²) >= 11 is 0. The van der Waals surface area contributed by atoms with Gasteiger partial charge in [0.05, 0.1) is 21.6 Å². The van der Waals surface area contributed by atoms with Crippen molar-refractivity contribution in [3.05, 3.63) is 78.4 Å². The second-order valence-electron chi connectivity index (χ2n) is 6.91. The van der Waals surface area contributed by atoms with Crippen LogP contribution in [0.25, 0.3) is 22.4 Å². The van der Waals surface area contributed by atoms with Gasteiger partial charge in [0.2, 0.25) is 10.0 Å². The lowest BCUT2D eigenvalue weighted by Crippen LogP contribution is -2.22. The van der Waals surface area contributed by atoms with Gasteiger partial charge in [-0.1, -0.05) is 24.3 Å². The maximum atomic E-state index is 12.8. The normalized spacial score (nSPS) is 11.7. The van der Waals surface area contributed by atoms with Crippen LogP contribution in [0.15, 0.2) is 77.7 Å². The summed E-state index contributed by atoms with van der Waals surface area (Å²) in [6.07, 6.45) is 0. The SMILES string of the molecule is CN(C)S(=O)(=O)c1ccc(C(=O)Nc2ccccc2-c2nc3ccccc3[nH]2)cc1. The lowest BCUT2D eigenvalue weighted by Gasteiger charge is -2.12. The second kappa shape index (κ2) is 7.74. The number of aromatic nitrogens is 2. The molecule has 0 saturated carbocycles. The lowest BCUT2D eigenvalue weighted by molar-refractivity contribution is 0.102. The van der Waals surface area contributed by atoms with Crippen molar-refractivity contribution < 1.29 is 13.2 Å². The molecule has 8 heteroatoms. The van der Waals surface area contributed by atoms with E-state index in [0.717, 1.165) is 20.9 Å². The topological polar surface area (TPSA) is 95.2 Å². The summed E-state index contributed by atoms with van der Waals surface area (Å²) in [5.74, 6) is 0.312. The van der Waals surface area contributed by atoms with Crippen LogP contribution in [-0.4, -0.2) is 42.7 Å². The molecule has 0 bridgehead atoms. The number of imidazole rings is 1. The summed E-state index contributed by atoms with van der Waals surface area (Å²) in [4.78, 5) is 20.8. The number of hydrogen-bond acceptors (Lipinski definition) is 4. The molecule has 152 valence electrons. The average molecular weight is 420 g/mol. The molecule has 1 heterocycles. The van der Waals surface area contributed by atoms with E-state index in [2.05, 4.69) is 15.3 Å². The van der Waals surface area contributed by atoms with Crippen molar-refractivity contribution in [2.45, 2.75) is 4.90 Å². The number of hydrogen-bond donors (Lipinski definition) is 2. The number of H-pyrrole nitrogens is 1. The van der Waals surface area contributed by atoms with Gasteiger partial charge in [-0.15, -0.1) is 0 Å².